The third kappa shape index (κ3) is 5.10. The summed E-state index contributed by atoms with van der Waals surface area (Å²) in [6.07, 6.45) is 0. The molecule has 3 aromatic carbocycles. The fourth-order valence-corrected chi connectivity index (χ4v) is 3.15. The van der Waals surface area contributed by atoms with Gasteiger partial charge in [0.15, 0.2) is 11.5 Å². The van der Waals surface area contributed by atoms with Crippen LogP contribution in [0.1, 0.15) is 27.4 Å². The van der Waals surface area contributed by atoms with E-state index < -0.39 is 12.5 Å². The summed E-state index contributed by atoms with van der Waals surface area (Å²) in [6, 6.07) is 24.0. The molecular formula is C23H21F2NO3. The van der Waals surface area contributed by atoms with Gasteiger partial charge < -0.3 is 14.8 Å². The van der Waals surface area contributed by atoms with Crippen LogP contribution in [0.2, 0.25) is 0 Å². The summed E-state index contributed by atoms with van der Waals surface area (Å²) in [7, 11) is 1.33. The predicted molar refractivity (Wildman–Crippen MR) is 107 cm³/mol. The van der Waals surface area contributed by atoms with Gasteiger partial charge in [-0.1, -0.05) is 66.7 Å². The molecule has 0 fully saturated rings. The zero-order valence-corrected chi connectivity index (χ0v) is 15.8. The number of carbonyl (C=O) groups excluding carboxylic acids is 1. The van der Waals surface area contributed by atoms with Gasteiger partial charge >= 0.3 is 6.61 Å². The van der Waals surface area contributed by atoms with E-state index in [-0.39, 0.29) is 29.5 Å². The predicted octanol–water partition coefficient (Wildman–Crippen LogP) is 4.86. The Bertz CT molecular complexity index is 894. The van der Waals surface area contributed by atoms with Gasteiger partial charge in [0.05, 0.1) is 12.7 Å². The molecule has 0 aliphatic rings. The van der Waals surface area contributed by atoms with Crippen LogP contribution in [0.4, 0.5) is 8.78 Å². The lowest BCUT2D eigenvalue weighted by molar-refractivity contribution is -0.0515. The zero-order valence-electron chi connectivity index (χ0n) is 15.8. The summed E-state index contributed by atoms with van der Waals surface area (Å²) in [5, 5.41) is 2.84. The molecule has 3 rings (SSSR count). The Morgan fingerprint density at radius 2 is 1.48 bits per heavy atom. The first-order valence-corrected chi connectivity index (χ1v) is 9.10. The summed E-state index contributed by atoms with van der Waals surface area (Å²) in [4.78, 5) is 12.8. The van der Waals surface area contributed by atoms with Gasteiger partial charge in [-0.15, -0.1) is 0 Å². The average Bonchev–Trinajstić information content (AvgIpc) is 2.75. The molecule has 0 spiro atoms. The fraction of sp³-hybridized carbons (Fsp3) is 0.174. The zero-order chi connectivity index (χ0) is 20.6. The SMILES string of the molecule is COc1cccc(C(=O)NCC(c2ccccc2)c2ccccc2)c1OC(F)F. The minimum absolute atomic E-state index is 0.00970. The highest BCUT2D eigenvalue weighted by Crippen LogP contribution is 2.32. The number of methoxy groups -OCH3 is 1. The first-order valence-electron chi connectivity index (χ1n) is 9.10. The molecule has 4 nitrogen and oxygen atoms in total. The number of para-hydroxylation sites is 1. The van der Waals surface area contributed by atoms with Crippen molar-refractivity contribution in [3.05, 3.63) is 95.6 Å². The molecule has 0 saturated heterocycles. The van der Waals surface area contributed by atoms with Crippen molar-refractivity contribution in [2.45, 2.75) is 12.5 Å². The molecule has 0 atom stereocenters. The second-order valence-corrected chi connectivity index (χ2v) is 6.30. The molecule has 3 aromatic rings. The largest absolute Gasteiger partial charge is 0.493 e. The van der Waals surface area contributed by atoms with Crippen LogP contribution < -0.4 is 14.8 Å². The van der Waals surface area contributed by atoms with Gasteiger partial charge in [-0.3, -0.25) is 4.79 Å². The normalized spacial score (nSPS) is 10.8. The van der Waals surface area contributed by atoms with Crippen LogP contribution in [0.25, 0.3) is 0 Å². The number of nitrogens with one attached hydrogen (secondary N) is 1. The van der Waals surface area contributed by atoms with Crippen molar-refractivity contribution in [3.63, 3.8) is 0 Å². The summed E-state index contributed by atoms with van der Waals surface area (Å²) in [5.41, 5.74) is 2.06. The third-order valence-electron chi connectivity index (χ3n) is 4.52. The minimum atomic E-state index is -3.07. The number of amides is 1. The van der Waals surface area contributed by atoms with Gasteiger partial charge in [0.1, 0.15) is 0 Å². The van der Waals surface area contributed by atoms with Gasteiger partial charge in [0, 0.05) is 12.5 Å². The molecule has 0 unspecified atom stereocenters. The Kier molecular flexibility index (Phi) is 6.79. The van der Waals surface area contributed by atoms with E-state index in [1.54, 1.807) is 6.07 Å². The lowest BCUT2D eigenvalue weighted by Gasteiger charge is -2.20. The van der Waals surface area contributed by atoms with Crippen molar-refractivity contribution in [2.75, 3.05) is 13.7 Å². The van der Waals surface area contributed by atoms with E-state index in [4.69, 9.17) is 4.74 Å². The van der Waals surface area contributed by atoms with Crippen molar-refractivity contribution in [2.24, 2.45) is 0 Å². The van der Waals surface area contributed by atoms with Crippen LogP contribution in [0.15, 0.2) is 78.9 Å². The molecule has 0 radical (unpaired) electrons. The molecule has 1 N–H and O–H groups in total. The number of halogens is 2. The Hall–Kier alpha value is -3.41. The van der Waals surface area contributed by atoms with Gasteiger partial charge in [-0.05, 0) is 23.3 Å². The molecule has 0 aliphatic heterocycles. The number of hydrogen-bond acceptors (Lipinski definition) is 3. The number of hydrogen-bond donors (Lipinski definition) is 1. The maximum atomic E-state index is 12.8. The maximum absolute atomic E-state index is 12.8. The lowest BCUT2D eigenvalue weighted by Crippen LogP contribution is -2.29. The van der Waals surface area contributed by atoms with E-state index in [1.807, 2.05) is 60.7 Å². The van der Waals surface area contributed by atoms with Crippen molar-refractivity contribution in [1.82, 2.24) is 5.32 Å². The molecule has 6 heteroatoms. The van der Waals surface area contributed by atoms with Crippen LogP contribution in [0.5, 0.6) is 11.5 Å². The highest BCUT2D eigenvalue weighted by molar-refractivity contribution is 5.97. The van der Waals surface area contributed by atoms with E-state index >= 15 is 0 Å². The second kappa shape index (κ2) is 9.68. The molecule has 0 saturated carbocycles. The topological polar surface area (TPSA) is 47.6 Å². The Morgan fingerprint density at radius 3 is 2.00 bits per heavy atom. The monoisotopic (exact) mass is 397 g/mol. The molecule has 150 valence electrons. The third-order valence-corrected chi connectivity index (χ3v) is 4.52. The van der Waals surface area contributed by atoms with E-state index in [9.17, 15) is 13.6 Å². The number of alkyl halides is 2. The summed E-state index contributed by atoms with van der Waals surface area (Å²) >= 11 is 0. The van der Waals surface area contributed by atoms with Crippen LogP contribution >= 0.6 is 0 Å². The van der Waals surface area contributed by atoms with Crippen molar-refractivity contribution in [1.29, 1.82) is 0 Å². The molecule has 0 aliphatic carbocycles. The Labute approximate surface area is 168 Å². The van der Waals surface area contributed by atoms with Gasteiger partial charge in [-0.25, -0.2) is 0 Å². The first kappa shape index (κ1) is 20.3. The van der Waals surface area contributed by atoms with Gasteiger partial charge in [0.25, 0.3) is 5.91 Å². The molecule has 0 bridgehead atoms. The summed E-state index contributed by atoms with van der Waals surface area (Å²) in [6.45, 7) is -2.78. The second-order valence-electron chi connectivity index (χ2n) is 6.30. The van der Waals surface area contributed by atoms with E-state index in [2.05, 4.69) is 10.1 Å². The standard InChI is InChI=1S/C23H21F2NO3/c1-28-20-14-8-13-18(21(20)29-23(24)25)22(27)26-15-19(16-9-4-2-5-10-16)17-11-6-3-7-12-17/h2-14,19,23H,15H2,1H3,(H,26,27). The number of rotatable bonds is 8. The lowest BCUT2D eigenvalue weighted by atomic mass is 9.91. The van der Waals surface area contributed by atoms with Crippen molar-refractivity contribution < 1.29 is 23.0 Å². The van der Waals surface area contributed by atoms with Gasteiger partial charge in [-0.2, -0.15) is 8.78 Å². The summed E-state index contributed by atoms with van der Waals surface area (Å²) < 4.78 is 35.3. The quantitative estimate of drug-likeness (QED) is 0.591. The highest BCUT2D eigenvalue weighted by atomic mass is 19.3. The van der Waals surface area contributed by atoms with Crippen molar-refractivity contribution >= 4 is 5.91 Å². The van der Waals surface area contributed by atoms with Crippen LogP contribution in [0, 0.1) is 0 Å². The molecule has 0 heterocycles. The number of benzene rings is 3. The van der Waals surface area contributed by atoms with Crippen LogP contribution in [-0.4, -0.2) is 26.2 Å². The van der Waals surface area contributed by atoms with E-state index in [1.165, 1.54) is 19.2 Å². The van der Waals surface area contributed by atoms with Crippen LogP contribution in [0.3, 0.4) is 0 Å². The highest BCUT2D eigenvalue weighted by Gasteiger charge is 2.22. The summed E-state index contributed by atoms with van der Waals surface area (Å²) in [5.74, 6) is -0.818. The molecule has 29 heavy (non-hydrogen) atoms. The van der Waals surface area contributed by atoms with E-state index in [0.717, 1.165) is 11.1 Å². The first-order chi connectivity index (χ1) is 14.1. The van der Waals surface area contributed by atoms with E-state index in [0.29, 0.717) is 0 Å². The van der Waals surface area contributed by atoms with Crippen molar-refractivity contribution in [3.8, 4) is 11.5 Å². The number of ether oxygens (including phenoxy) is 2. The van der Waals surface area contributed by atoms with Gasteiger partial charge in [0.2, 0.25) is 0 Å². The average molecular weight is 397 g/mol. The molecular weight excluding hydrogens is 376 g/mol. The number of carbonyl (C=O) groups is 1. The fourth-order valence-electron chi connectivity index (χ4n) is 3.15. The Morgan fingerprint density at radius 1 is 0.897 bits per heavy atom. The Balaban J connectivity index is 1.84. The smallest absolute Gasteiger partial charge is 0.387 e. The molecule has 0 aromatic heterocycles. The molecule has 1 amide bonds. The van der Waals surface area contributed by atoms with Crippen LogP contribution in [-0.2, 0) is 0 Å². The maximum Gasteiger partial charge on any atom is 0.387 e. The minimum Gasteiger partial charge on any atom is -0.493 e.